The van der Waals surface area contributed by atoms with Gasteiger partial charge >= 0.3 is 0 Å². The standard InChI is InChI=1S/C12H14N2O2/c1-9-11(13-7-8-16-9)12(15)14-10-5-3-2-4-6-10/h2-6,13H,7-8H2,1H3,(H,14,15). The maximum Gasteiger partial charge on any atom is 0.275 e. The largest absolute Gasteiger partial charge is 0.494 e. The molecule has 2 N–H and O–H groups in total. The molecule has 1 amide bonds. The summed E-state index contributed by atoms with van der Waals surface area (Å²) in [4.78, 5) is 11.9. The minimum atomic E-state index is -0.164. The Labute approximate surface area is 94.3 Å². The van der Waals surface area contributed by atoms with Gasteiger partial charge in [0.2, 0.25) is 0 Å². The predicted octanol–water partition coefficient (Wildman–Crippen LogP) is 1.48. The molecule has 1 aromatic carbocycles. The molecule has 1 aliphatic rings. The van der Waals surface area contributed by atoms with Gasteiger partial charge in [0.15, 0.2) is 0 Å². The zero-order valence-corrected chi connectivity index (χ0v) is 9.12. The van der Waals surface area contributed by atoms with Gasteiger partial charge in [-0.2, -0.15) is 0 Å². The summed E-state index contributed by atoms with van der Waals surface area (Å²) in [5.41, 5.74) is 1.29. The minimum absolute atomic E-state index is 0.164. The Morgan fingerprint density at radius 3 is 2.81 bits per heavy atom. The van der Waals surface area contributed by atoms with Crippen LogP contribution in [-0.4, -0.2) is 19.1 Å². The average molecular weight is 218 g/mol. The summed E-state index contributed by atoms with van der Waals surface area (Å²) < 4.78 is 5.31. The van der Waals surface area contributed by atoms with E-state index in [0.29, 0.717) is 24.6 Å². The summed E-state index contributed by atoms with van der Waals surface area (Å²) in [6.45, 7) is 3.05. The predicted molar refractivity (Wildman–Crippen MR) is 61.7 cm³/mol. The highest BCUT2D eigenvalue weighted by Crippen LogP contribution is 2.11. The SMILES string of the molecule is CC1=C(C(=O)Nc2ccccc2)NCCO1. The molecule has 4 heteroatoms. The smallest absolute Gasteiger partial charge is 0.275 e. The second-order valence-corrected chi connectivity index (χ2v) is 3.53. The fraction of sp³-hybridized carbons (Fsp3) is 0.250. The number of allylic oxidation sites excluding steroid dienone is 1. The van der Waals surface area contributed by atoms with Crippen LogP contribution in [0.1, 0.15) is 6.92 Å². The van der Waals surface area contributed by atoms with Crippen molar-refractivity contribution in [2.75, 3.05) is 18.5 Å². The van der Waals surface area contributed by atoms with Crippen LogP contribution < -0.4 is 10.6 Å². The number of nitrogens with one attached hydrogen (secondary N) is 2. The van der Waals surface area contributed by atoms with Gasteiger partial charge in [0.25, 0.3) is 5.91 Å². The third kappa shape index (κ3) is 2.34. The lowest BCUT2D eigenvalue weighted by molar-refractivity contribution is -0.113. The molecule has 0 spiro atoms. The maximum atomic E-state index is 11.9. The Balaban J connectivity index is 2.09. The summed E-state index contributed by atoms with van der Waals surface area (Å²) in [5, 5.41) is 5.83. The van der Waals surface area contributed by atoms with Crippen LogP contribution in [0.4, 0.5) is 5.69 Å². The Morgan fingerprint density at radius 2 is 2.12 bits per heavy atom. The van der Waals surface area contributed by atoms with E-state index in [1.54, 1.807) is 6.92 Å². The van der Waals surface area contributed by atoms with E-state index in [2.05, 4.69) is 10.6 Å². The lowest BCUT2D eigenvalue weighted by Gasteiger charge is -2.20. The maximum absolute atomic E-state index is 11.9. The van der Waals surface area contributed by atoms with Crippen LogP contribution in [0.25, 0.3) is 0 Å². The monoisotopic (exact) mass is 218 g/mol. The third-order valence-corrected chi connectivity index (χ3v) is 2.33. The van der Waals surface area contributed by atoms with E-state index < -0.39 is 0 Å². The number of anilines is 1. The number of carbonyl (C=O) groups is 1. The Kier molecular flexibility index (Phi) is 3.10. The van der Waals surface area contributed by atoms with E-state index in [9.17, 15) is 4.79 Å². The van der Waals surface area contributed by atoms with Gasteiger partial charge in [0, 0.05) is 12.2 Å². The zero-order valence-electron chi connectivity index (χ0n) is 9.12. The molecule has 0 bridgehead atoms. The summed E-state index contributed by atoms with van der Waals surface area (Å²) >= 11 is 0. The van der Waals surface area contributed by atoms with Crippen LogP contribution in [0, 0.1) is 0 Å². The molecule has 16 heavy (non-hydrogen) atoms. The van der Waals surface area contributed by atoms with Gasteiger partial charge in [-0.25, -0.2) is 0 Å². The van der Waals surface area contributed by atoms with Crippen molar-refractivity contribution < 1.29 is 9.53 Å². The fourth-order valence-electron chi connectivity index (χ4n) is 1.53. The number of benzene rings is 1. The molecule has 2 rings (SSSR count). The molecule has 4 nitrogen and oxygen atoms in total. The lowest BCUT2D eigenvalue weighted by Crippen LogP contribution is -2.33. The van der Waals surface area contributed by atoms with Crippen LogP contribution in [0.2, 0.25) is 0 Å². The molecule has 0 unspecified atom stereocenters. The van der Waals surface area contributed by atoms with E-state index in [1.165, 1.54) is 0 Å². The van der Waals surface area contributed by atoms with Gasteiger partial charge < -0.3 is 15.4 Å². The summed E-state index contributed by atoms with van der Waals surface area (Å²) in [7, 11) is 0. The first kappa shape index (κ1) is 10.5. The highest BCUT2D eigenvalue weighted by atomic mass is 16.5. The van der Waals surface area contributed by atoms with Crippen molar-refractivity contribution in [3.8, 4) is 0 Å². The van der Waals surface area contributed by atoms with Crippen molar-refractivity contribution in [3.63, 3.8) is 0 Å². The molecular weight excluding hydrogens is 204 g/mol. The molecule has 0 radical (unpaired) electrons. The molecule has 0 aromatic heterocycles. The Hall–Kier alpha value is -1.97. The van der Waals surface area contributed by atoms with Crippen molar-refractivity contribution >= 4 is 11.6 Å². The van der Waals surface area contributed by atoms with E-state index in [4.69, 9.17) is 4.74 Å². The average Bonchev–Trinajstić information content (AvgIpc) is 2.31. The van der Waals surface area contributed by atoms with Crippen molar-refractivity contribution in [3.05, 3.63) is 41.8 Å². The van der Waals surface area contributed by atoms with Crippen LogP contribution >= 0.6 is 0 Å². The minimum Gasteiger partial charge on any atom is -0.494 e. The van der Waals surface area contributed by atoms with E-state index in [1.807, 2.05) is 30.3 Å². The first-order valence-corrected chi connectivity index (χ1v) is 5.21. The quantitative estimate of drug-likeness (QED) is 0.790. The summed E-state index contributed by atoms with van der Waals surface area (Å²) in [5.74, 6) is 0.475. The highest BCUT2D eigenvalue weighted by molar-refractivity contribution is 6.03. The van der Waals surface area contributed by atoms with Crippen LogP contribution in [-0.2, 0) is 9.53 Å². The number of rotatable bonds is 2. The molecular formula is C12H14N2O2. The lowest BCUT2D eigenvalue weighted by atomic mass is 10.2. The third-order valence-electron chi connectivity index (χ3n) is 2.33. The second kappa shape index (κ2) is 4.70. The summed E-state index contributed by atoms with van der Waals surface area (Å²) in [6.07, 6.45) is 0. The molecule has 0 fully saturated rings. The first-order valence-electron chi connectivity index (χ1n) is 5.21. The zero-order chi connectivity index (χ0) is 11.4. The number of carbonyl (C=O) groups excluding carboxylic acids is 1. The normalized spacial score (nSPS) is 15.1. The van der Waals surface area contributed by atoms with Crippen molar-refractivity contribution in [2.24, 2.45) is 0 Å². The van der Waals surface area contributed by atoms with Gasteiger partial charge in [0.1, 0.15) is 18.1 Å². The van der Waals surface area contributed by atoms with Gasteiger partial charge in [-0.1, -0.05) is 18.2 Å². The number of hydrogen-bond acceptors (Lipinski definition) is 3. The van der Waals surface area contributed by atoms with Gasteiger partial charge in [-0.3, -0.25) is 4.79 Å². The van der Waals surface area contributed by atoms with E-state index in [0.717, 1.165) is 5.69 Å². The molecule has 0 saturated carbocycles. The number of amides is 1. The van der Waals surface area contributed by atoms with Gasteiger partial charge in [0.05, 0.1) is 0 Å². The molecule has 1 aliphatic heterocycles. The van der Waals surface area contributed by atoms with Gasteiger partial charge in [-0.05, 0) is 19.1 Å². The highest BCUT2D eigenvalue weighted by Gasteiger charge is 2.17. The molecule has 1 heterocycles. The topological polar surface area (TPSA) is 50.4 Å². The van der Waals surface area contributed by atoms with Gasteiger partial charge in [-0.15, -0.1) is 0 Å². The van der Waals surface area contributed by atoms with Crippen LogP contribution in [0.15, 0.2) is 41.8 Å². The number of hydrogen-bond donors (Lipinski definition) is 2. The number of para-hydroxylation sites is 1. The van der Waals surface area contributed by atoms with Crippen LogP contribution in [0.5, 0.6) is 0 Å². The Morgan fingerprint density at radius 1 is 1.38 bits per heavy atom. The van der Waals surface area contributed by atoms with E-state index in [-0.39, 0.29) is 5.91 Å². The summed E-state index contributed by atoms with van der Waals surface area (Å²) in [6, 6.07) is 9.35. The van der Waals surface area contributed by atoms with Crippen molar-refractivity contribution in [1.82, 2.24) is 5.32 Å². The van der Waals surface area contributed by atoms with Crippen LogP contribution in [0.3, 0.4) is 0 Å². The second-order valence-electron chi connectivity index (χ2n) is 3.53. The molecule has 0 aliphatic carbocycles. The molecule has 1 aromatic rings. The van der Waals surface area contributed by atoms with Crippen molar-refractivity contribution in [1.29, 1.82) is 0 Å². The first-order chi connectivity index (χ1) is 7.77. The van der Waals surface area contributed by atoms with Crippen molar-refractivity contribution in [2.45, 2.75) is 6.92 Å². The molecule has 0 saturated heterocycles. The molecule has 84 valence electrons. The fourth-order valence-corrected chi connectivity index (χ4v) is 1.53. The Bertz CT molecular complexity index is 412. The number of ether oxygens (including phenoxy) is 1. The van der Waals surface area contributed by atoms with E-state index >= 15 is 0 Å². The molecule has 0 atom stereocenters.